The summed E-state index contributed by atoms with van der Waals surface area (Å²) in [5.74, 6) is 1.28. The lowest BCUT2D eigenvalue weighted by Crippen LogP contribution is -2.29. The first kappa shape index (κ1) is 13.5. The minimum Gasteiger partial charge on any atom is -0.486 e. The standard InChI is InChI=1S/C11H14ClNO4S/c1-13(5-4-12)18(14,15)9-2-3-10-11(8-9)17-7-6-16-10/h2-3,8H,4-7H2,1H3. The molecule has 18 heavy (non-hydrogen) atoms. The Labute approximate surface area is 111 Å². The highest BCUT2D eigenvalue weighted by Gasteiger charge is 2.23. The molecule has 0 bridgehead atoms. The van der Waals surface area contributed by atoms with Crippen LogP contribution in [0.4, 0.5) is 0 Å². The number of alkyl halides is 1. The van der Waals surface area contributed by atoms with Crippen molar-refractivity contribution in [3.63, 3.8) is 0 Å². The fourth-order valence-electron chi connectivity index (χ4n) is 1.60. The summed E-state index contributed by atoms with van der Waals surface area (Å²) in [7, 11) is -2.03. The van der Waals surface area contributed by atoms with Crippen LogP contribution in [0.5, 0.6) is 11.5 Å². The second-order valence-electron chi connectivity index (χ2n) is 3.82. The zero-order valence-corrected chi connectivity index (χ0v) is 11.5. The second-order valence-corrected chi connectivity index (χ2v) is 6.24. The molecule has 0 spiro atoms. The van der Waals surface area contributed by atoms with Crippen LogP contribution in [0.2, 0.25) is 0 Å². The molecule has 1 aromatic carbocycles. The Balaban J connectivity index is 2.33. The van der Waals surface area contributed by atoms with Crippen molar-refractivity contribution in [1.82, 2.24) is 4.31 Å². The molecule has 0 saturated heterocycles. The number of rotatable bonds is 4. The molecule has 1 heterocycles. The van der Waals surface area contributed by atoms with Gasteiger partial charge in [0.2, 0.25) is 10.0 Å². The fraction of sp³-hybridized carbons (Fsp3) is 0.455. The summed E-state index contributed by atoms with van der Waals surface area (Å²) < 4.78 is 36.3. The van der Waals surface area contributed by atoms with Crippen molar-refractivity contribution >= 4 is 21.6 Å². The maximum Gasteiger partial charge on any atom is 0.242 e. The Hall–Kier alpha value is -0.980. The fourth-order valence-corrected chi connectivity index (χ4v) is 3.14. The van der Waals surface area contributed by atoms with Gasteiger partial charge in [0.05, 0.1) is 4.90 Å². The van der Waals surface area contributed by atoms with Gasteiger partial charge in [-0.15, -0.1) is 11.6 Å². The molecule has 7 heteroatoms. The van der Waals surface area contributed by atoms with E-state index in [1.165, 1.54) is 23.5 Å². The van der Waals surface area contributed by atoms with Crippen LogP contribution >= 0.6 is 11.6 Å². The van der Waals surface area contributed by atoms with Crippen LogP contribution < -0.4 is 9.47 Å². The second kappa shape index (κ2) is 5.34. The van der Waals surface area contributed by atoms with Gasteiger partial charge in [-0.2, -0.15) is 4.31 Å². The molecule has 0 unspecified atom stereocenters. The topological polar surface area (TPSA) is 55.8 Å². The molecule has 0 saturated carbocycles. The molecule has 2 rings (SSSR count). The van der Waals surface area contributed by atoms with Crippen LogP contribution in [0.25, 0.3) is 0 Å². The van der Waals surface area contributed by atoms with Crippen molar-refractivity contribution in [3.05, 3.63) is 18.2 Å². The zero-order chi connectivity index (χ0) is 13.2. The van der Waals surface area contributed by atoms with E-state index in [2.05, 4.69) is 0 Å². The molecule has 1 aliphatic rings. The smallest absolute Gasteiger partial charge is 0.242 e. The lowest BCUT2D eigenvalue weighted by molar-refractivity contribution is 0.171. The van der Waals surface area contributed by atoms with Crippen molar-refractivity contribution in [1.29, 1.82) is 0 Å². The first-order chi connectivity index (χ1) is 8.55. The van der Waals surface area contributed by atoms with E-state index >= 15 is 0 Å². The molecular formula is C11H14ClNO4S. The van der Waals surface area contributed by atoms with Crippen molar-refractivity contribution < 1.29 is 17.9 Å². The highest BCUT2D eigenvalue weighted by atomic mass is 35.5. The maximum absolute atomic E-state index is 12.2. The summed E-state index contributed by atoms with van der Waals surface area (Å²) in [4.78, 5) is 0.180. The molecule has 1 aliphatic heterocycles. The third-order valence-electron chi connectivity index (χ3n) is 2.62. The number of halogens is 1. The van der Waals surface area contributed by atoms with Crippen LogP contribution in [-0.4, -0.2) is 45.4 Å². The van der Waals surface area contributed by atoms with Crippen LogP contribution in [0.1, 0.15) is 0 Å². The van der Waals surface area contributed by atoms with Crippen LogP contribution in [0.15, 0.2) is 23.1 Å². The van der Waals surface area contributed by atoms with Gasteiger partial charge in [0.25, 0.3) is 0 Å². The summed E-state index contributed by atoms with van der Waals surface area (Å²) in [6, 6.07) is 4.60. The van der Waals surface area contributed by atoms with E-state index in [-0.39, 0.29) is 17.3 Å². The summed E-state index contributed by atoms with van der Waals surface area (Å²) in [5, 5.41) is 0. The predicted molar refractivity (Wildman–Crippen MR) is 68.0 cm³/mol. The Morgan fingerprint density at radius 2 is 1.94 bits per heavy atom. The van der Waals surface area contributed by atoms with E-state index in [9.17, 15) is 8.42 Å². The number of ether oxygens (including phenoxy) is 2. The summed E-state index contributed by atoms with van der Waals surface area (Å²) in [6.45, 7) is 1.16. The summed E-state index contributed by atoms with van der Waals surface area (Å²) in [5.41, 5.74) is 0. The highest BCUT2D eigenvalue weighted by Crippen LogP contribution is 2.32. The molecule has 0 atom stereocenters. The van der Waals surface area contributed by atoms with Gasteiger partial charge >= 0.3 is 0 Å². The molecule has 0 aliphatic carbocycles. The summed E-state index contributed by atoms with van der Waals surface area (Å²) >= 11 is 5.55. The van der Waals surface area contributed by atoms with Crippen LogP contribution in [0.3, 0.4) is 0 Å². The number of hydrogen-bond acceptors (Lipinski definition) is 4. The number of sulfonamides is 1. The molecule has 0 N–H and O–H groups in total. The monoisotopic (exact) mass is 291 g/mol. The molecule has 5 nitrogen and oxygen atoms in total. The van der Waals surface area contributed by atoms with Gasteiger partial charge in [0.15, 0.2) is 11.5 Å². The number of benzene rings is 1. The molecular weight excluding hydrogens is 278 g/mol. The van der Waals surface area contributed by atoms with Gasteiger partial charge in [-0.05, 0) is 12.1 Å². The minimum absolute atomic E-state index is 0.180. The Bertz CT molecular complexity index is 532. The lowest BCUT2D eigenvalue weighted by atomic mass is 10.3. The lowest BCUT2D eigenvalue weighted by Gasteiger charge is -2.20. The average molecular weight is 292 g/mol. The van der Waals surface area contributed by atoms with E-state index in [1.54, 1.807) is 6.07 Å². The van der Waals surface area contributed by atoms with Gasteiger partial charge in [-0.25, -0.2) is 8.42 Å². The van der Waals surface area contributed by atoms with Gasteiger partial charge in [-0.1, -0.05) is 0 Å². The molecule has 0 fully saturated rings. The van der Waals surface area contributed by atoms with E-state index in [0.717, 1.165) is 0 Å². The quantitative estimate of drug-likeness (QED) is 0.785. The normalized spacial score (nSPS) is 14.8. The maximum atomic E-state index is 12.2. The van der Waals surface area contributed by atoms with Gasteiger partial charge in [-0.3, -0.25) is 0 Å². The first-order valence-corrected chi connectivity index (χ1v) is 7.45. The van der Waals surface area contributed by atoms with Crippen LogP contribution in [0, 0.1) is 0 Å². The van der Waals surface area contributed by atoms with E-state index < -0.39 is 10.0 Å². The van der Waals surface area contributed by atoms with Crippen LogP contribution in [-0.2, 0) is 10.0 Å². The number of hydrogen-bond donors (Lipinski definition) is 0. The van der Waals surface area contributed by atoms with Gasteiger partial charge in [0, 0.05) is 25.5 Å². The third-order valence-corrected chi connectivity index (χ3v) is 4.64. The highest BCUT2D eigenvalue weighted by molar-refractivity contribution is 7.89. The molecule has 0 radical (unpaired) electrons. The average Bonchev–Trinajstić information content (AvgIpc) is 2.38. The van der Waals surface area contributed by atoms with Gasteiger partial charge in [0.1, 0.15) is 13.2 Å². The molecule has 0 amide bonds. The molecule has 1 aromatic rings. The predicted octanol–water partition coefficient (Wildman–Crippen LogP) is 1.32. The largest absolute Gasteiger partial charge is 0.486 e. The van der Waals surface area contributed by atoms with Gasteiger partial charge < -0.3 is 9.47 Å². The number of nitrogens with zero attached hydrogens (tertiary/aromatic N) is 1. The Morgan fingerprint density at radius 3 is 2.61 bits per heavy atom. The molecule has 0 aromatic heterocycles. The van der Waals surface area contributed by atoms with E-state index in [4.69, 9.17) is 21.1 Å². The van der Waals surface area contributed by atoms with E-state index in [0.29, 0.717) is 24.7 Å². The van der Waals surface area contributed by atoms with Crippen molar-refractivity contribution in [2.24, 2.45) is 0 Å². The van der Waals surface area contributed by atoms with E-state index in [1.807, 2.05) is 0 Å². The van der Waals surface area contributed by atoms with Crippen molar-refractivity contribution in [3.8, 4) is 11.5 Å². The van der Waals surface area contributed by atoms with Crippen molar-refractivity contribution in [2.45, 2.75) is 4.90 Å². The first-order valence-electron chi connectivity index (χ1n) is 5.47. The Kier molecular flexibility index (Phi) is 3.99. The molecule has 100 valence electrons. The van der Waals surface area contributed by atoms with Crippen molar-refractivity contribution in [2.75, 3.05) is 32.7 Å². The minimum atomic E-state index is -3.52. The SMILES string of the molecule is CN(CCCl)S(=O)(=O)c1ccc2c(c1)OCCO2. The third kappa shape index (κ3) is 2.55. The number of fused-ring (bicyclic) bond motifs is 1. The zero-order valence-electron chi connectivity index (χ0n) is 9.93. The summed E-state index contributed by atoms with van der Waals surface area (Å²) in [6.07, 6.45) is 0. The Morgan fingerprint density at radius 1 is 1.28 bits per heavy atom.